The van der Waals surface area contributed by atoms with Gasteiger partial charge in [0.25, 0.3) is 11.8 Å². The minimum atomic E-state index is -0.848. The van der Waals surface area contributed by atoms with Gasteiger partial charge in [0.15, 0.2) is 11.5 Å². The first kappa shape index (κ1) is 23.6. The molecule has 1 aliphatic rings. The van der Waals surface area contributed by atoms with Gasteiger partial charge >= 0.3 is 6.03 Å². The van der Waals surface area contributed by atoms with Crippen molar-refractivity contribution in [3.8, 4) is 11.5 Å². The van der Waals surface area contributed by atoms with Crippen LogP contribution in [0.2, 0.25) is 10.0 Å². The molecule has 0 radical (unpaired) electrons. The monoisotopic (exact) mass is 476 g/mol. The molecule has 2 aromatic rings. The van der Waals surface area contributed by atoms with Crippen molar-refractivity contribution in [2.24, 2.45) is 0 Å². The van der Waals surface area contributed by atoms with E-state index in [-0.39, 0.29) is 16.3 Å². The molecule has 0 bridgehead atoms. The molecule has 32 heavy (non-hydrogen) atoms. The Morgan fingerprint density at radius 1 is 1.06 bits per heavy atom. The Hall–Kier alpha value is -3.03. The van der Waals surface area contributed by atoms with Gasteiger partial charge in [-0.1, -0.05) is 36.2 Å². The van der Waals surface area contributed by atoms with E-state index in [4.69, 9.17) is 32.7 Å². The third-order valence-electron chi connectivity index (χ3n) is 4.67. The topological polar surface area (TPSA) is 84.9 Å². The van der Waals surface area contributed by atoms with E-state index >= 15 is 0 Å². The molecule has 0 aromatic heterocycles. The molecule has 9 heteroatoms. The SMILES string of the molecule is CCCOc1c(Cl)cc(/C=C2\C(=O)NC(=O)N(c3cccc(Cl)c3C)C2=O)cc1OCC. The number of halogens is 2. The molecule has 0 aliphatic carbocycles. The molecule has 0 unspecified atom stereocenters. The van der Waals surface area contributed by atoms with Gasteiger partial charge in [0.05, 0.1) is 23.9 Å². The van der Waals surface area contributed by atoms with E-state index in [1.165, 1.54) is 6.08 Å². The van der Waals surface area contributed by atoms with E-state index in [2.05, 4.69) is 5.32 Å². The maximum Gasteiger partial charge on any atom is 0.335 e. The average molecular weight is 477 g/mol. The predicted molar refractivity (Wildman–Crippen MR) is 124 cm³/mol. The van der Waals surface area contributed by atoms with Crippen LogP contribution in [-0.2, 0) is 9.59 Å². The first-order chi connectivity index (χ1) is 15.3. The lowest BCUT2D eigenvalue weighted by Crippen LogP contribution is -2.54. The van der Waals surface area contributed by atoms with Gasteiger partial charge in [0.2, 0.25) is 0 Å². The molecule has 1 aliphatic heterocycles. The van der Waals surface area contributed by atoms with E-state index in [1.54, 1.807) is 37.3 Å². The molecule has 0 atom stereocenters. The zero-order chi connectivity index (χ0) is 23.4. The highest BCUT2D eigenvalue weighted by molar-refractivity contribution is 6.40. The van der Waals surface area contributed by atoms with Crippen molar-refractivity contribution in [2.75, 3.05) is 18.1 Å². The Morgan fingerprint density at radius 2 is 1.81 bits per heavy atom. The number of hydrogen-bond acceptors (Lipinski definition) is 5. The highest BCUT2D eigenvalue weighted by atomic mass is 35.5. The van der Waals surface area contributed by atoms with Crippen molar-refractivity contribution in [3.63, 3.8) is 0 Å². The van der Waals surface area contributed by atoms with Gasteiger partial charge in [0, 0.05) is 5.02 Å². The largest absolute Gasteiger partial charge is 0.490 e. The van der Waals surface area contributed by atoms with Crippen LogP contribution in [-0.4, -0.2) is 31.1 Å². The Kier molecular flexibility index (Phi) is 7.43. The van der Waals surface area contributed by atoms with E-state index in [0.717, 1.165) is 11.3 Å². The normalized spacial score (nSPS) is 15.2. The lowest BCUT2D eigenvalue weighted by atomic mass is 10.1. The first-order valence-corrected chi connectivity index (χ1v) is 10.8. The van der Waals surface area contributed by atoms with Crippen LogP contribution >= 0.6 is 23.2 Å². The third-order valence-corrected chi connectivity index (χ3v) is 5.37. The summed E-state index contributed by atoms with van der Waals surface area (Å²) >= 11 is 12.5. The van der Waals surface area contributed by atoms with Crippen molar-refractivity contribution in [3.05, 3.63) is 57.1 Å². The molecular formula is C23H22Cl2N2O5. The van der Waals surface area contributed by atoms with Gasteiger partial charge in [-0.2, -0.15) is 0 Å². The molecule has 3 rings (SSSR count). The van der Waals surface area contributed by atoms with Crippen molar-refractivity contribution < 1.29 is 23.9 Å². The first-order valence-electron chi connectivity index (χ1n) is 10.0. The van der Waals surface area contributed by atoms with Crippen molar-refractivity contribution >= 4 is 52.8 Å². The Balaban J connectivity index is 2.05. The zero-order valence-corrected chi connectivity index (χ0v) is 19.3. The summed E-state index contributed by atoms with van der Waals surface area (Å²) in [6.45, 7) is 6.29. The maximum atomic E-state index is 13.2. The number of carbonyl (C=O) groups is 3. The standard InChI is InChI=1S/C23H22Cl2N2O5/c1-4-9-32-20-17(25)11-14(12-19(20)31-5-2)10-15-21(28)26-23(30)27(22(15)29)18-8-6-7-16(24)13(18)3/h6-8,10-12H,4-5,9H2,1-3H3,(H,26,28,30)/b15-10+. The molecule has 7 nitrogen and oxygen atoms in total. The minimum Gasteiger partial charge on any atom is -0.490 e. The molecule has 1 saturated heterocycles. The summed E-state index contributed by atoms with van der Waals surface area (Å²) in [5.41, 5.74) is 1.03. The van der Waals surface area contributed by atoms with Gasteiger partial charge < -0.3 is 9.47 Å². The van der Waals surface area contributed by atoms with E-state index in [1.807, 2.05) is 13.8 Å². The lowest BCUT2D eigenvalue weighted by Gasteiger charge is -2.27. The molecule has 1 heterocycles. The smallest absolute Gasteiger partial charge is 0.335 e. The predicted octanol–water partition coefficient (Wildman–Crippen LogP) is 5.16. The van der Waals surface area contributed by atoms with Crippen molar-refractivity contribution in [1.29, 1.82) is 0 Å². The summed E-state index contributed by atoms with van der Waals surface area (Å²) in [4.78, 5) is 39.0. The van der Waals surface area contributed by atoms with Crippen molar-refractivity contribution in [1.82, 2.24) is 5.32 Å². The van der Waals surface area contributed by atoms with Crippen LogP contribution in [0.1, 0.15) is 31.4 Å². The van der Waals surface area contributed by atoms with E-state index in [0.29, 0.717) is 40.9 Å². The number of ether oxygens (including phenoxy) is 2. The van der Waals surface area contributed by atoms with Crippen molar-refractivity contribution in [2.45, 2.75) is 27.2 Å². The Morgan fingerprint density at radius 3 is 2.50 bits per heavy atom. The van der Waals surface area contributed by atoms with Gasteiger partial charge in [-0.3, -0.25) is 14.9 Å². The molecular weight excluding hydrogens is 455 g/mol. The van der Waals surface area contributed by atoms with Crippen LogP contribution in [0.15, 0.2) is 35.9 Å². The molecule has 4 amide bonds. The van der Waals surface area contributed by atoms with Crippen LogP contribution in [0.3, 0.4) is 0 Å². The quantitative estimate of drug-likeness (QED) is 0.440. The number of urea groups is 1. The Labute approximate surface area is 195 Å². The van der Waals surface area contributed by atoms with Crippen LogP contribution in [0.5, 0.6) is 11.5 Å². The van der Waals surface area contributed by atoms with E-state index < -0.39 is 17.8 Å². The second kappa shape index (κ2) is 10.1. The number of anilines is 1. The van der Waals surface area contributed by atoms with Gasteiger partial charge in [-0.25, -0.2) is 9.69 Å². The lowest BCUT2D eigenvalue weighted by molar-refractivity contribution is -0.122. The minimum absolute atomic E-state index is 0.232. The molecule has 0 saturated carbocycles. The number of benzene rings is 2. The summed E-state index contributed by atoms with van der Waals surface area (Å²) < 4.78 is 11.3. The molecule has 1 N–H and O–H groups in total. The van der Waals surface area contributed by atoms with E-state index in [9.17, 15) is 14.4 Å². The summed E-state index contributed by atoms with van der Waals surface area (Å²) in [6, 6.07) is 7.19. The highest BCUT2D eigenvalue weighted by Gasteiger charge is 2.37. The number of amides is 4. The van der Waals surface area contributed by atoms with Gasteiger partial charge in [-0.15, -0.1) is 0 Å². The van der Waals surface area contributed by atoms with Crippen LogP contribution in [0, 0.1) is 6.92 Å². The number of carbonyl (C=O) groups excluding carboxylic acids is 3. The second-order valence-electron chi connectivity index (χ2n) is 6.95. The summed E-state index contributed by atoms with van der Waals surface area (Å²) in [5.74, 6) is -0.799. The Bertz CT molecular complexity index is 1110. The van der Waals surface area contributed by atoms with Crippen LogP contribution in [0.4, 0.5) is 10.5 Å². The molecule has 2 aromatic carbocycles. The number of nitrogens with one attached hydrogen (secondary N) is 1. The maximum absolute atomic E-state index is 13.2. The fraction of sp³-hybridized carbons (Fsp3) is 0.261. The summed E-state index contributed by atoms with van der Waals surface area (Å²) in [7, 11) is 0. The number of nitrogens with zero attached hydrogens (tertiary/aromatic N) is 1. The fourth-order valence-corrected chi connectivity index (χ4v) is 3.60. The fourth-order valence-electron chi connectivity index (χ4n) is 3.16. The average Bonchev–Trinajstić information content (AvgIpc) is 2.73. The van der Waals surface area contributed by atoms with Gasteiger partial charge in [0.1, 0.15) is 5.57 Å². The molecule has 1 fully saturated rings. The second-order valence-corrected chi connectivity index (χ2v) is 7.77. The molecule has 0 spiro atoms. The van der Waals surface area contributed by atoms with Gasteiger partial charge in [-0.05, 0) is 61.7 Å². The summed E-state index contributed by atoms with van der Waals surface area (Å²) in [5, 5.41) is 2.86. The third kappa shape index (κ3) is 4.74. The zero-order valence-electron chi connectivity index (χ0n) is 17.8. The van der Waals surface area contributed by atoms with Crippen LogP contribution < -0.4 is 19.7 Å². The number of rotatable bonds is 7. The number of hydrogen-bond donors (Lipinski definition) is 1. The number of imide groups is 2. The summed E-state index contributed by atoms with van der Waals surface area (Å²) in [6.07, 6.45) is 2.14. The van der Waals surface area contributed by atoms with Crippen LogP contribution in [0.25, 0.3) is 6.08 Å². The number of barbiturate groups is 1. The molecule has 168 valence electrons. The highest BCUT2D eigenvalue weighted by Crippen LogP contribution is 2.38.